The second-order valence-corrected chi connectivity index (χ2v) is 4.05. The smallest absolute Gasteiger partial charge is 0.0406 e. The first-order chi connectivity index (χ1) is 6.52. The average molecular weight is 192 g/mol. The molecule has 1 rings (SSSR count). The molecule has 0 aromatic heterocycles. The second-order valence-electron chi connectivity index (χ2n) is 4.05. The quantitative estimate of drug-likeness (QED) is 0.795. The van der Waals surface area contributed by atoms with Crippen LogP contribution >= 0.6 is 0 Å². The van der Waals surface area contributed by atoms with Crippen LogP contribution in [0.1, 0.15) is 19.4 Å². The first-order valence-electron chi connectivity index (χ1n) is 5.07. The molecule has 0 saturated heterocycles. The Kier molecular flexibility index (Phi) is 3.53. The van der Waals surface area contributed by atoms with Crippen molar-refractivity contribution in [3.63, 3.8) is 0 Å². The number of hydrogen-bond donors (Lipinski definition) is 1. The van der Waals surface area contributed by atoms with Crippen molar-refractivity contribution in [1.29, 1.82) is 0 Å². The van der Waals surface area contributed by atoms with Crippen molar-refractivity contribution in [2.75, 3.05) is 11.9 Å². The number of benzene rings is 1. The van der Waals surface area contributed by atoms with E-state index in [4.69, 9.17) is 5.73 Å². The van der Waals surface area contributed by atoms with E-state index < -0.39 is 0 Å². The van der Waals surface area contributed by atoms with Crippen molar-refractivity contribution < 1.29 is 0 Å². The standard InChI is InChI=1S/C12H20N2/c1-9-6-5-7-12(8-9)14(4)11(3)10(2)13/h5-8,10-11H,13H2,1-4H3. The Labute approximate surface area is 86.7 Å². The topological polar surface area (TPSA) is 29.3 Å². The number of aryl methyl sites for hydroxylation is 1. The molecule has 0 amide bonds. The number of nitrogens with two attached hydrogens (primary N) is 1. The fraction of sp³-hybridized carbons (Fsp3) is 0.500. The minimum absolute atomic E-state index is 0.181. The molecule has 14 heavy (non-hydrogen) atoms. The van der Waals surface area contributed by atoms with Crippen LogP contribution in [0.3, 0.4) is 0 Å². The van der Waals surface area contributed by atoms with Crippen LogP contribution in [0.15, 0.2) is 24.3 Å². The summed E-state index contributed by atoms with van der Waals surface area (Å²) in [5.41, 5.74) is 8.39. The van der Waals surface area contributed by atoms with Gasteiger partial charge < -0.3 is 10.6 Å². The Morgan fingerprint density at radius 1 is 1.29 bits per heavy atom. The van der Waals surface area contributed by atoms with Gasteiger partial charge in [0.1, 0.15) is 0 Å². The lowest BCUT2D eigenvalue weighted by molar-refractivity contribution is 0.573. The van der Waals surface area contributed by atoms with Gasteiger partial charge in [-0.3, -0.25) is 0 Å². The van der Waals surface area contributed by atoms with Gasteiger partial charge in [0, 0.05) is 24.8 Å². The highest BCUT2D eigenvalue weighted by Gasteiger charge is 2.13. The molecule has 1 aromatic carbocycles. The molecule has 0 aliphatic carbocycles. The maximum absolute atomic E-state index is 5.87. The fourth-order valence-corrected chi connectivity index (χ4v) is 1.44. The monoisotopic (exact) mass is 192 g/mol. The van der Waals surface area contributed by atoms with Gasteiger partial charge in [-0.05, 0) is 38.5 Å². The predicted molar refractivity (Wildman–Crippen MR) is 62.7 cm³/mol. The zero-order valence-corrected chi connectivity index (χ0v) is 9.49. The third kappa shape index (κ3) is 2.48. The van der Waals surface area contributed by atoms with Crippen LogP contribution in [0.2, 0.25) is 0 Å². The third-order valence-corrected chi connectivity index (χ3v) is 2.78. The summed E-state index contributed by atoms with van der Waals surface area (Å²) < 4.78 is 0. The first-order valence-corrected chi connectivity index (χ1v) is 5.07. The summed E-state index contributed by atoms with van der Waals surface area (Å²) in [5.74, 6) is 0. The molecule has 0 aliphatic heterocycles. The van der Waals surface area contributed by atoms with Crippen molar-refractivity contribution in [1.82, 2.24) is 0 Å². The SMILES string of the molecule is Cc1cccc(N(C)C(C)C(C)N)c1. The summed E-state index contributed by atoms with van der Waals surface area (Å²) in [4.78, 5) is 2.22. The van der Waals surface area contributed by atoms with E-state index in [0.29, 0.717) is 6.04 Å². The van der Waals surface area contributed by atoms with Crippen molar-refractivity contribution in [3.05, 3.63) is 29.8 Å². The number of likely N-dealkylation sites (N-methyl/N-ethyl adjacent to an activating group) is 1. The van der Waals surface area contributed by atoms with E-state index in [1.807, 2.05) is 6.92 Å². The molecule has 2 heteroatoms. The highest BCUT2D eigenvalue weighted by molar-refractivity contribution is 5.48. The Hall–Kier alpha value is -1.02. The van der Waals surface area contributed by atoms with E-state index in [0.717, 1.165) is 0 Å². The lowest BCUT2D eigenvalue weighted by atomic mass is 10.1. The van der Waals surface area contributed by atoms with Gasteiger partial charge in [-0.1, -0.05) is 12.1 Å². The van der Waals surface area contributed by atoms with Gasteiger partial charge in [0.25, 0.3) is 0 Å². The van der Waals surface area contributed by atoms with Gasteiger partial charge in [-0.2, -0.15) is 0 Å². The summed E-state index contributed by atoms with van der Waals surface area (Å²) in [7, 11) is 2.09. The Bertz CT molecular complexity index is 294. The van der Waals surface area contributed by atoms with Crippen LogP contribution in [-0.4, -0.2) is 19.1 Å². The molecule has 0 aliphatic rings. The molecule has 2 nitrogen and oxygen atoms in total. The Balaban J connectivity index is 2.83. The van der Waals surface area contributed by atoms with Gasteiger partial charge in [-0.15, -0.1) is 0 Å². The van der Waals surface area contributed by atoms with E-state index in [9.17, 15) is 0 Å². The summed E-state index contributed by atoms with van der Waals surface area (Å²) in [5, 5.41) is 0. The number of nitrogens with zero attached hydrogens (tertiary/aromatic N) is 1. The Morgan fingerprint density at radius 3 is 2.43 bits per heavy atom. The van der Waals surface area contributed by atoms with Gasteiger partial charge in [0.2, 0.25) is 0 Å². The summed E-state index contributed by atoms with van der Waals surface area (Å²) in [6.07, 6.45) is 0. The van der Waals surface area contributed by atoms with E-state index >= 15 is 0 Å². The number of hydrogen-bond acceptors (Lipinski definition) is 2. The Morgan fingerprint density at radius 2 is 1.93 bits per heavy atom. The number of rotatable bonds is 3. The molecule has 0 bridgehead atoms. The normalized spacial score (nSPS) is 14.9. The highest BCUT2D eigenvalue weighted by Crippen LogP contribution is 2.17. The van der Waals surface area contributed by atoms with Crippen molar-refractivity contribution >= 4 is 5.69 Å². The minimum Gasteiger partial charge on any atom is -0.370 e. The van der Waals surface area contributed by atoms with E-state index in [2.05, 4.69) is 50.1 Å². The first kappa shape index (κ1) is 11.1. The summed E-state index contributed by atoms with van der Waals surface area (Å²) in [6.45, 7) is 6.29. The van der Waals surface area contributed by atoms with Gasteiger partial charge >= 0.3 is 0 Å². The zero-order valence-electron chi connectivity index (χ0n) is 9.49. The predicted octanol–water partition coefficient (Wildman–Crippen LogP) is 2.17. The van der Waals surface area contributed by atoms with Crippen molar-refractivity contribution in [3.8, 4) is 0 Å². The van der Waals surface area contributed by atoms with Crippen LogP contribution in [0.5, 0.6) is 0 Å². The molecule has 0 spiro atoms. The van der Waals surface area contributed by atoms with Gasteiger partial charge in [0.15, 0.2) is 0 Å². The summed E-state index contributed by atoms with van der Waals surface area (Å²) in [6, 6.07) is 9.02. The molecule has 0 radical (unpaired) electrons. The van der Waals surface area contributed by atoms with Crippen LogP contribution in [0, 0.1) is 6.92 Å². The van der Waals surface area contributed by atoms with Crippen LogP contribution in [0.25, 0.3) is 0 Å². The maximum Gasteiger partial charge on any atom is 0.0406 e. The molecule has 2 unspecified atom stereocenters. The minimum atomic E-state index is 0.181. The lowest BCUT2D eigenvalue weighted by Crippen LogP contribution is -2.42. The lowest BCUT2D eigenvalue weighted by Gasteiger charge is -2.30. The van der Waals surface area contributed by atoms with E-state index in [-0.39, 0.29) is 6.04 Å². The average Bonchev–Trinajstić information content (AvgIpc) is 2.15. The molecule has 1 aromatic rings. The molecule has 2 N–H and O–H groups in total. The summed E-state index contributed by atoms with van der Waals surface area (Å²) >= 11 is 0. The largest absolute Gasteiger partial charge is 0.370 e. The molecule has 0 saturated carbocycles. The molecule has 0 heterocycles. The number of anilines is 1. The highest BCUT2D eigenvalue weighted by atomic mass is 15.1. The third-order valence-electron chi connectivity index (χ3n) is 2.78. The zero-order chi connectivity index (χ0) is 10.7. The molecular formula is C12H20N2. The van der Waals surface area contributed by atoms with Crippen LogP contribution in [0.4, 0.5) is 5.69 Å². The van der Waals surface area contributed by atoms with Gasteiger partial charge in [-0.25, -0.2) is 0 Å². The van der Waals surface area contributed by atoms with E-state index in [1.165, 1.54) is 11.3 Å². The van der Waals surface area contributed by atoms with Crippen LogP contribution < -0.4 is 10.6 Å². The van der Waals surface area contributed by atoms with Crippen molar-refractivity contribution in [2.24, 2.45) is 5.73 Å². The molecule has 0 fully saturated rings. The second kappa shape index (κ2) is 4.47. The molecular weight excluding hydrogens is 172 g/mol. The fourth-order valence-electron chi connectivity index (χ4n) is 1.44. The van der Waals surface area contributed by atoms with Crippen molar-refractivity contribution in [2.45, 2.75) is 32.9 Å². The van der Waals surface area contributed by atoms with Gasteiger partial charge in [0.05, 0.1) is 0 Å². The molecule has 78 valence electrons. The maximum atomic E-state index is 5.87. The van der Waals surface area contributed by atoms with E-state index in [1.54, 1.807) is 0 Å². The molecule has 2 atom stereocenters. The van der Waals surface area contributed by atoms with Crippen LogP contribution in [-0.2, 0) is 0 Å².